The smallest absolute Gasteiger partial charge is 0.270 e. The van der Waals surface area contributed by atoms with Crippen LogP contribution in [0.25, 0.3) is 5.65 Å². The number of nitrogens with zero attached hydrogens (tertiary/aromatic N) is 2. The lowest BCUT2D eigenvalue weighted by Gasteiger charge is -2.08. The van der Waals surface area contributed by atoms with Crippen molar-refractivity contribution in [2.45, 2.75) is 26.7 Å². The summed E-state index contributed by atoms with van der Waals surface area (Å²) in [5.74, 6) is -0.392. The Labute approximate surface area is 172 Å². The molecule has 146 valence electrons. The summed E-state index contributed by atoms with van der Waals surface area (Å²) in [6, 6.07) is 8.71. The van der Waals surface area contributed by atoms with E-state index in [1.807, 2.05) is 32.2 Å². The van der Waals surface area contributed by atoms with E-state index in [0.29, 0.717) is 40.1 Å². The van der Waals surface area contributed by atoms with Crippen LogP contribution in [0, 0.1) is 13.8 Å². The molecule has 0 spiro atoms. The van der Waals surface area contributed by atoms with Gasteiger partial charge in [0.1, 0.15) is 11.3 Å². The molecule has 1 aromatic carbocycles. The topological polar surface area (TPSA) is 75.5 Å². The van der Waals surface area contributed by atoms with Gasteiger partial charge in [0.2, 0.25) is 5.91 Å². The van der Waals surface area contributed by atoms with Crippen molar-refractivity contribution in [3.05, 3.63) is 63.5 Å². The Bertz CT molecular complexity index is 1050. The van der Waals surface area contributed by atoms with Crippen molar-refractivity contribution in [2.24, 2.45) is 0 Å². The lowest BCUT2D eigenvalue weighted by Crippen LogP contribution is -2.27. The van der Waals surface area contributed by atoms with Gasteiger partial charge in [-0.1, -0.05) is 29.3 Å². The third kappa shape index (κ3) is 4.46. The van der Waals surface area contributed by atoms with Gasteiger partial charge in [-0.3, -0.25) is 14.0 Å². The van der Waals surface area contributed by atoms with Crippen LogP contribution in [0.15, 0.2) is 36.5 Å². The highest BCUT2D eigenvalue weighted by molar-refractivity contribution is 6.36. The molecule has 0 unspecified atom stereocenters. The molecule has 2 N–H and O–H groups in total. The predicted octanol–water partition coefficient (Wildman–Crippen LogP) is 4.41. The van der Waals surface area contributed by atoms with Crippen molar-refractivity contribution in [3.8, 4) is 0 Å². The van der Waals surface area contributed by atoms with Crippen molar-refractivity contribution in [3.63, 3.8) is 0 Å². The van der Waals surface area contributed by atoms with E-state index >= 15 is 0 Å². The molecule has 0 radical (unpaired) electrons. The van der Waals surface area contributed by atoms with Crippen LogP contribution in [0.5, 0.6) is 0 Å². The first kappa shape index (κ1) is 20.2. The average Bonchev–Trinajstić information content (AvgIpc) is 2.98. The van der Waals surface area contributed by atoms with Crippen molar-refractivity contribution < 1.29 is 9.59 Å². The number of aryl methyl sites for hydroxylation is 2. The first-order chi connectivity index (χ1) is 13.4. The lowest BCUT2D eigenvalue weighted by atomic mass is 10.2. The highest BCUT2D eigenvalue weighted by Crippen LogP contribution is 2.25. The summed E-state index contributed by atoms with van der Waals surface area (Å²) >= 11 is 11.9. The molecule has 2 aromatic heterocycles. The third-order valence-electron chi connectivity index (χ3n) is 4.31. The van der Waals surface area contributed by atoms with Crippen LogP contribution < -0.4 is 10.6 Å². The Morgan fingerprint density at radius 1 is 1.18 bits per heavy atom. The molecule has 8 heteroatoms. The van der Waals surface area contributed by atoms with Crippen LogP contribution in [-0.2, 0) is 4.79 Å². The molecule has 0 fully saturated rings. The van der Waals surface area contributed by atoms with Gasteiger partial charge < -0.3 is 10.6 Å². The zero-order valence-corrected chi connectivity index (χ0v) is 17.1. The number of imidazole rings is 1. The van der Waals surface area contributed by atoms with E-state index in [2.05, 4.69) is 15.6 Å². The normalized spacial score (nSPS) is 10.9. The number of halogens is 2. The van der Waals surface area contributed by atoms with Crippen molar-refractivity contribution in [2.75, 3.05) is 11.9 Å². The minimum Gasteiger partial charge on any atom is -0.351 e. The molecule has 0 aliphatic carbocycles. The number of hydrogen-bond acceptors (Lipinski definition) is 3. The van der Waals surface area contributed by atoms with Gasteiger partial charge in [0.25, 0.3) is 5.91 Å². The largest absolute Gasteiger partial charge is 0.351 e. The van der Waals surface area contributed by atoms with Gasteiger partial charge in [-0.15, -0.1) is 0 Å². The SMILES string of the molecule is Cc1nc2c(C)cccn2c1C(=O)NCCCC(=O)Nc1ccc(Cl)cc1Cl. The van der Waals surface area contributed by atoms with Crippen LogP contribution in [0.3, 0.4) is 0 Å². The Balaban J connectivity index is 1.53. The fourth-order valence-corrected chi connectivity index (χ4v) is 3.38. The van der Waals surface area contributed by atoms with E-state index in [4.69, 9.17) is 23.2 Å². The number of anilines is 1. The van der Waals surface area contributed by atoms with Crippen molar-refractivity contribution in [1.29, 1.82) is 0 Å². The second-order valence-electron chi connectivity index (χ2n) is 6.46. The van der Waals surface area contributed by atoms with Gasteiger partial charge >= 0.3 is 0 Å². The maximum absolute atomic E-state index is 12.6. The molecule has 0 atom stereocenters. The minimum atomic E-state index is -0.211. The molecule has 0 aliphatic heterocycles. The Morgan fingerprint density at radius 2 is 1.96 bits per heavy atom. The van der Waals surface area contributed by atoms with Gasteiger partial charge in [-0.2, -0.15) is 0 Å². The van der Waals surface area contributed by atoms with Crippen LogP contribution in [0.4, 0.5) is 5.69 Å². The lowest BCUT2D eigenvalue weighted by molar-refractivity contribution is -0.116. The predicted molar refractivity (Wildman–Crippen MR) is 111 cm³/mol. The second-order valence-corrected chi connectivity index (χ2v) is 7.31. The van der Waals surface area contributed by atoms with Crippen molar-refractivity contribution in [1.82, 2.24) is 14.7 Å². The summed E-state index contributed by atoms with van der Waals surface area (Å²) < 4.78 is 1.79. The van der Waals surface area contributed by atoms with Gasteiger partial charge in [0.15, 0.2) is 0 Å². The zero-order chi connectivity index (χ0) is 20.3. The van der Waals surface area contributed by atoms with Crippen LogP contribution in [0.2, 0.25) is 10.0 Å². The Morgan fingerprint density at radius 3 is 2.71 bits per heavy atom. The fraction of sp³-hybridized carbons (Fsp3) is 0.250. The molecule has 2 heterocycles. The number of amides is 2. The highest BCUT2D eigenvalue weighted by Gasteiger charge is 2.17. The monoisotopic (exact) mass is 418 g/mol. The second kappa shape index (κ2) is 8.63. The zero-order valence-electron chi connectivity index (χ0n) is 15.6. The van der Waals surface area contributed by atoms with Gasteiger partial charge in [0.05, 0.1) is 16.4 Å². The molecule has 3 rings (SSSR count). The number of aromatic nitrogens is 2. The summed E-state index contributed by atoms with van der Waals surface area (Å²) in [5, 5.41) is 6.47. The Kier molecular flexibility index (Phi) is 6.21. The molecule has 2 amide bonds. The molecular formula is C20H20Cl2N4O2. The highest BCUT2D eigenvalue weighted by atomic mass is 35.5. The van der Waals surface area contributed by atoms with Crippen molar-refractivity contribution >= 4 is 46.4 Å². The quantitative estimate of drug-likeness (QED) is 0.582. The maximum Gasteiger partial charge on any atom is 0.270 e. The van der Waals surface area contributed by atoms with Gasteiger partial charge in [-0.25, -0.2) is 4.98 Å². The van der Waals surface area contributed by atoms with E-state index in [9.17, 15) is 9.59 Å². The number of hydrogen-bond donors (Lipinski definition) is 2. The number of benzene rings is 1. The summed E-state index contributed by atoms with van der Waals surface area (Å²) in [4.78, 5) is 29.1. The Hall–Kier alpha value is -2.57. The number of pyridine rings is 1. The number of fused-ring (bicyclic) bond motifs is 1. The summed E-state index contributed by atoms with van der Waals surface area (Å²) in [5.41, 5.74) is 3.46. The summed E-state index contributed by atoms with van der Waals surface area (Å²) in [6.07, 6.45) is 2.57. The minimum absolute atomic E-state index is 0.180. The molecule has 0 saturated carbocycles. The number of carbonyl (C=O) groups excluding carboxylic acids is 2. The van der Waals surface area contributed by atoms with E-state index in [0.717, 1.165) is 11.2 Å². The molecule has 0 aliphatic rings. The molecule has 0 bridgehead atoms. The van der Waals surface area contributed by atoms with Gasteiger partial charge in [-0.05, 0) is 50.1 Å². The molecule has 28 heavy (non-hydrogen) atoms. The number of rotatable bonds is 6. The molecule has 6 nitrogen and oxygen atoms in total. The van der Waals surface area contributed by atoms with Crippen LogP contribution in [0.1, 0.15) is 34.6 Å². The number of carbonyl (C=O) groups is 2. The van der Waals surface area contributed by atoms with E-state index in [1.54, 1.807) is 22.6 Å². The molecule has 3 aromatic rings. The maximum atomic E-state index is 12.6. The van der Waals surface area contributed by atoms with E-state index in [1.165, 1.54) is 0 Å². The molecular weight excluding hydrogens is 399 g/mol. The van der Waals surface area contributed by atoms with Crippen LogP contribution >= 0.6 is 23.2 Å². The first-order valence-electron chi connectivity index (χ1n) is 8.84. The fourth-order valence-electron chi connectivity index (χ4n) is 2.93. The first-order valence-corrected chi connectivity index (χ1v) is 9.60. The summed E-state index contributed by atoms with van der Waals surface area (Å²) in [6.45, 7) is 4.14. The summed E-state index contributed by atoms with van der Waals surface area (Å²) in [7, 11) is 0. The molecule has 0 saturated heterocycles. The standard InChI is InChI=1S/C20H20Cl2N4O2/c1-12-5-4-10-26-18(13(2)24-19(12)26)20(28)23-9-3-6-17(27)25-16-8-7-14(21)11-15(16)22/h4-5,7-8,10-11H,3,6,9H2,1-2H3,(H,23,28)(H,25,27). The number of nitrogens with one attached hydrogen (secondary N) is 2. The average molecular weight is 419 g/mol. The third-order valence-corrected chi connectivity index (χ3v) is 4.85. The van der Waals surface area contributed by atoms with E-state index < -0.39 is 0 Å². The van der Waals surface area contributed by atoms with Gasteiger partial charge in [0, 0.05) is 24.2 Å². The van der Waals surface area contributed by atoms with Crippen LogP contribution in [-0.4, -0.2) is 27.7 Å². The van der Waals surface area contributed by atoms with E-state index in [-0.39, 0.29) is 18.2 Å².